The predicted octanol–water partition coefficient (Wildman–Crippen LogP) is 5.64. The van der Waals surface area contributed by atoms with Gasteiger partial charge in [0.2, 0.25) is 0 Å². The number of carbonyl (C=O) groups is 2. The Balaban J connectivity index is 1.55. The molecule has 4 aromatic carbocycles. The van der Waals surface area contributed by atoms with Crippen LogP contribution in [-0.2, 0) is 9.59 Å². The molecule has 0 spiro atoms. The predicted molar refractivity (Wildman–Crippen MR) is 123 cm³/mol. The van der Waals surface area contributed by atoms with Crippen LogP contribution in [0.2, 0.25) is 0 Å². The monoisotopic (exact) mass is 422 g/mol. The van der Waals surface area contributed by atoms with Crippen molar-refractivity contribution in [1.82, 2.24) is 0 Å². The lowest BCUT2D eigenvalue weighted by molar-refractivity contribution is -0.158. The van der Waals surface area contributed by atoms with Crippen molar-refractivity contribution in [2.24, 2.45) is 11.8 Å². The second kappa shape index (κ2) is 8.31. The summed E-state index contributed by atoms with van der Waals surface area (Å²) in [7, 11) is 0. The topological polar surface area (TPSA) is 63.6 Å². The summed E-state index contributed by atoms with van der Waals surface area (Å²) < 4.78 is 5.93. The van der Waals surface area contributed by atoms with Crippen molar-refractivity contribution < 1.29 is 19.4 Å². The molecule has 32 heavy (non-hydrogen) atoms. The zero-order valence-electron chi connectivity index (χ0n) is 17.3. The van der Waals surface area contributed by atoms with Gasteiger partial charge in [-0.25, -0.2) is 0 Å². The van der Waals surface area contributed by atoms with Crippen LogP contribution in [0.5, 0.6) is 5.75 Å². The molecule has 1 N–H and O–H groups in total. The Morgan fingerprint density at radius 3 is 1.75 bits per heavy atom. The molecule has 0 bridgehead atoms. The molecule has 158 valence electrons. The summed E-state index contributed by atoms with van der Waals surface area (Å²) in [5, 5.41) is 11.9. The number of hydrogen-bond donors (Lipinski definition) is 1. The van der Waals surface area contributed by atoms with Crippen LogP contribution in [0.3, 0.4) is 0 Å². The first-order valence-electron chi connectivity index (χ1n) is 10.7. The molecular formula is C28H22O4. The average molecular weight is 422 g/mol. The molecule has 5 rings (SSSR count). The van der Waals surface area contributed by atoms with Gasteiger partial charge in [0.15, 0.2) is 0 Å². The zero-order chi connectivity index (χ0) is 22.1. The number of carbonyl (C=O) groups excluding carboxylic acids is 1. The summed E-state index contributed by atoms with van der Waals surface area (Å²) in [6, 6.07) is 32.2. The minimum absolute atomic E-state index is 0.401. The van der Waals surface area contributed by atoms with Gasteiger partial charge in [0.05, 0.1) is 11.8 Å². The van der Waals surface area contributed by atoms with Crippen LogP contribution in [0.15, 0.2) is 103 Å². The fraction of sp³-hybridized carbons (Fsp3) is 0.143. The maximum Gasteiger partial charge on any atom is 0.315 e. The van der Waals surface area contributed by atoms with Crippen LogP contribution in [0, 0.1) is 11.8 Å². The summed E-state index contributed by atoms with van der Waals surface area (Å²) in [6.45, 7) is 0. The summed E-state index contributed by atoms with van der Waals surface area (Å²) in [5.74, 6) is -3.03. The van der Waals surface area contributed by atoms with Gasteiger partial charge in [-0.15, -0.1) is 0 Å². The third-order valence-corrected chi connectivity index (χ3v) is 6.43. The standard InChI is InChI=1S/C28H22O4/c29-27(30)25-23(19-11-3-1-4-12-19)26(24(25)20-13-5-2-6-14-20)28(31)32-22-17-9-15-18-10-7-8-16-21(18)22/h1-17,23-26H,(H,29,30)/t23-,24-,25-,26+/m0/s1. The van der Waals surface area contributed by atoms with Crippen molar-refractivity contribution in [3.8, 4) is 5.75 Å². The minimum Gasteiger partial charge on any atom is -0.481 e. The molecular weight excluding hydrogens is 400 g/mol. The van der Waals surface area contributed by atoms with E-state index in [4.69, 9.17) is 4.74 Å². The molecule has 0 heterocycles. The average Bonchev–Trinajstić information content (AvgIpc) is 2.80. The summed E-state index contributed by atoms with van der Waals surface area (Å²) in [4.78, 5) is 25.9. The van der Waals surface area contributed by atoms with E-state index in [-0.39, 0.29) is 0 Å². The highest BCUT2D eigenvalue weighted by atomic mass is 16.5. The van der Waals surface area contributed by atoms with Crippen molar-refractivity contribution in [2.75, 3.05) is 0 Å². The minimum atomic E-state index is -0.901. The van der Waals surface area contributed by atoms with E-state index >= 15 is 0 Å². The van der Waals surface area contributed by atoms with Crippen molar-refractivity contribution in [3.63, 3.8) is 0 Å². The number of benzene rings is 4. The Bertz CT molecular complexity index is 1210. The first-order valence-corrected chi connectivity index (χ1v) is 10.7. The Labute approximate surface area is 186 Å². The largest absolute Gasteiger partial charge is 0.481 e. The molecule has 1 aliphatic carbocycles. The molecule has 4 aromatic rings. The van der Waals surface area contributed by atoms with Gasteiger partial charge in [0.25, 0.3) is 0 Å². The highest BCUT2D eigenvalue weighted by molar-refractivity contribution is 5.92. The van der Waals surface area contributed by atoms with Gasteiger partial charge in [-0.2, -0.15) is 0 Å². The molecule has 4 heteroatoms. The number of rotatable bonds is 5. The van der Waals surface area contributed by atoms with Crippen LogP contribution in [-0.4, -0.2) is 17.0 Å². The number of carboxylic acids is 1. The lowest BCUT2D eigenvalue weighted by atomic mass is 9.52. The van der Waals surface area contributed by atoms with Crippen LogP contribution in [0.1, 0.15) is 23.0 Å². The molecule has 0 radical (unpaired) electrons. The smallest absolute Gasteiger partial charge is 0.315 e. The number of hydrogen-bond acceptors (Lipinski definition) is 3. The molecule has 1 fully saturated rings. The number of esters is 1. The van der Waals surface area contributed by atoms with Gasteiger partial charge < -0.3 is 9.84 Å². The van der Waals surface area contributed by atoms with E-state index in [0.717, 1.165) is 21.9 Å². The third kappa shape index (κ3) is 3.44. The Hall–Kier alpha value is -3.92. The molecule has 1 aliphatic rings. The Morgan fingerprint density at radius 2 is 1.16 bits per heavy atom. The highest BCUT2D eigenvalue weighted by Crippen LogP contribution is 2.58. The first-order chi connectivity index (χ1) is 15.6. The van der Waals surface area contributed by atoms with E-state index in [2.05, 4.69) is 0 Å². The van der Waals surface area contributed by atoms with Gasteiger partial charge in [0.1, 0.15) is 5.75 Å². The van der Waals surface area contributed by atoms with E-state index in [9.17, 15) is 14.7 Å². The van der Waals surface area contributed by atoms with E-state index in [1.54, 1.807) is 6.07 Å². The lowest BCUT2D eigenvalue weighted by Gasteiger charge is -2.49. The van der Waals surface area contributed by atoms with Crippen LogP contribution >= 0.6 is 0 Å². The van der Waals surface area contributed by atoms with Crippen molar-refractivity contribution in [1.29, 1.82) is 0 Å². The van der Waals surface area contributed by atoms with Gasteiger partial charge in [0, 0.05) is 17.2 Å². The van der Waals surface area contributed by atoms with Gasteiger partial charge >= 0.3 is 11.9 Å². The van der Waals surface area contributed by atoms with Crippen molar-refractivity contribution in [3.05, 3.63) is 114 Å². The molecule has 1 saturated carbocycles. The summed E-state index contributed by atoms with van der Waals surface area (Å²) in [6.07, 6.45) is 0. The Morgan fingerprint density at radius 1 is 0.625 bits per heavy atom. The summed E-state index contributed by atoms with van der Waals surface area (Å²) in [5.41, 5.74) is 1.68. The molecule has 0 aromatic heterocycles. The molecule has 0 amide bonds. The molecule has 2 atom stereocenters. The number of fused-ring (bicyclic) bond motifs is 1. The van der Waals surface area contributed by atoms with Crippen LogP contribution in [0.4, 0.5) is 0 Å². The fourth-order valence-electron chi connectivity index (χ4n) is 4.99. The Kier molecular flexibility index (Phi) is 5.20. The second-order valence-electron chi connectivity index (χ2n) is 8.16. The summed E-state index contributed by atoms with van der Waals surface area (Å²) >= 11 is 0. The van der Waals surface area contributed by atoms with Gasteiger partial charge in [-0.05, 0) is 22.6 Å². The van der Waals surface area contributed by atoms with Crippen LogP contribution in [0.25, 0.3) is 10.8 Å². The van der Waals surface area contributed by atoms with E-state index in [0.29, 0.717) is 5.75 Å². The molecule has 4 nitrogen and oxygen atoms in total. The fourth-order valence-corrected chi connectivity index (χ4v) is 4.99. The normalized spacial score (nSPS) is 22.1. The van der Waals surface area contributed by atoms with Crippen LogP contribution < -0.4 is 4.74 Å². The number of carboxylic acid groups (broad SMARTS) is 1. The highest BCUT2D eigenvalue weighted by Gasteiger charge is 2.59. The van der Waals surface area contributed by atoms with Crippen molar-refractivity contribution in [2.45, 2.75) is 11.8 Å². The van der Waals surface area contributed by atoms with E-state index in [1.807, 2.05) is 97.1 Å². The van der Waals surface area contributed by atoms with Crippen molar-refractivity contribution >= 4 is 22.7 Å². The molecule has 0 saturated heterocycles. The van der Waals surface area contributed by atoms with Gasteiger partial charge in [-0.3, -0.25) is 9.59 Å². The number of aliphatic carboxylic acids is 1. The molecule has 0 aliphatic heterocycles. The number of ether oxygens (including phenoxy) is 1. The third-order valence-electron chi connectivity index (χ3n) is 6.43. The van der Waals surface area contributed by atoms with E-state index in [1.165, 1.54) is 0 Å². The quantitative estimate of drug-likeness (QED) is 0.334. The lowest BCUT2D eigenvalue weighted by Crippen LogP contribution is -2.52. The van der Waals surface area contributed by atoms with E-state index < -0.39 is 35.6 Å². The molecule has 0 unspecified atom stereocenters. The maximum atomic E-state index is 13.6. The SMILES string of the molecule is O=C(O)[C@H]1[C@H](c2ccccc2)[C@@H](C(=O)Oc2cccc3ccccc23)[C@H]1c1ccccc1. The first kappa shape index (κ1) is 20.0. The maximum absolute atomic E-state index is 13.6. The zero-order valence-corrected chi connectivity index (χ0v) is 17.3. The second-order valence-corrected chi connectivity index (χ2v) is 8.16. The van der Waals surface area contributed by atoms with Gasteiger partial charge in [-0.1, -0.05) is 97.1 Å².